The lowest BCUT2D eigenvalue weighted by molar-refractivity contribution is 0.841. The van der Waals surface area contributed by atoms with Gasteiger partial charge in [-0.2, -0.15) is 0 Å². The summed E-state index contributed by atoms with van der Waals surface area (Å²) in [6.45, 7) is 1.94. The van der Waals surface area contributed by atoms with Crippen LogP contribution in [0.2, 0.25) is 0 Å². The Morgan fingerprint density at radius 2 is 2.04 bits per heavy atom. The SMILES string of the molecule is Cc1nccn1-c1ccc(SCc2cn3ccccc3n2)nn1. The number of rotatable bonds is 4. The molecule has 4 heterocycles. The van der Waals surface area contributed by atoms with Crippen LogP contribution in [0.3, 0.4) is 0 Å². The Morgan fingerprint density at radius 1 is 1.09 bits per heavy atom. The molecule has 4 aromatic rings. The van der Waals surface area contributed by atoms with Crippen LogP contribution in [-0.2, 0) is 5.75 Å². The van der Waals surface area contributed by atoms with Crippen molar-refractivity contribution in [3.05, 3.63) is 66.6 Å². The molecule has 4 rings (SSSR count). The normalized spacial score (nSPS) is 11.2. The number of aryl methyl sites for hydroxylation is 1. The van der Waals surface area contributed by atoms with Crippen LogP contribution in [0.1, 0.15) is 11.5 Å². The smallest absolute Gasteiger partial charge is 0.160 e. The minimum absolute atomic E-state index is 0.764. The standard InChI is InChI=1S/C16H14N6S/c1-12-17-7-9-22(12)15-5-6-16(20-19-15)23-11-13-10-21-8-3-2-4-14(21)18-13/h2-10H,11H2,1H3. The van der Waals surface area contributed by atoms with Crippen molar-refractivity contribution in [2.75, 3.05) is 0 Å². The monoisotopic (exact) mass is 322 g/mol. The zero-order valence-corrected chi connectivity index (χ0v) is 13.3. The number of aromatic nitrogens is 6. The van der Waals surface area contributed by atoms with Crippen molar-refractivity contribution in [3.63, 3.8) is 0 Å². The summed E-state index contributed by atoms with van der Waals surface area (Å²) < 4.78 is 3.93. The summed E-state index contributed by atoms with van der Waals surface area (Å²) in [6, 6.07) is 9.90. The molecule has 0 radical (unpaired) electrons. The van der Waals surface area contributed by atoms with Crippen molar-refractivity contribution in [1.82, 2.24) is 29.1 Å². The second kappa shape index (κ2) is 5.85. The average molecular weight is 322 g/mol. The Labute approximate surface area is 137 Å². The molecular formula is C16H14N6S. The third-order valence-corrected chi connectivity index (χ3v) is 4.43. The van der Waals surface area contributed by atoms with Gasteiger partial charge in [0, 0.05) is 30.5 Å². The second-order valence-corrected chi connectivity index (χ2v) is 6.06. The summed E-state index contributed by atoms with van der Waals surface area (Å²) in [5.41, 5.74) is 1.98. The molecule has 0 N–H and O–H groups in total. The van der Waals surface area contributed by atoms with Gasteiger partial charge in [0.2, 0.25) is 0 Å². The minimum Gasteiger partial charge on any atom is -0.307 e. The zero-order valence-electron chi connectivity index (χ0n) is 12.5. The van der Waals surface area contributed by atoms with Crippen LogP contribution in [0.5, 0.6) is 0 Å². The lowest BCUT2D eigenvalue weighted by Crippen LogP contribution is -2.00. The maximum atomic E-state index is 4.58. The fraction of sp³-hybridized carbons (Fsp3) is 0.125. The summed E-state index contributed by atoms with van der Waals surface area (Å²) >= 11 is 1.62. The summed E-state index contributed by atoms with van der Waals surface area (Å²) in [4.78, 5) is 8.77. The molecule has 0 aromatic carbocycles. The highest BCUT2D eigenvalue weighted by atomic mass is 32.2. The topological polar surface area (TPSA) is 60.9 Å². The Morgan fingerprint density at radius 3 is 2.78 bits per heavy atom. The largest absolute Gasteiger partial charge is 0.307 e. The van der Waals surface area contributed by atoms with Gasteiger partial charge in [-0.3, -0.25) is 4.57 Å². The second-order valence-electron chi connectivity index (χ2n) is 5.06. The molecule has 0 aliphatic rings. The number of nitrogens with zero attached hydrogens (tertiary/aromatic N) is 6. The third-order valence-electron chi connectivity index (χ3n) is 3.48. The van der Waals surface area contributed by atoms with E-state index in [2.05, 4.69) is 20.2 Å². The van der Waals surface area contributed by atoms with E-state index in [-0.39, 0.29) is 0 Å². The van der Waals surface area contributed by atoms with Crippen LogP contribution >= 0.6 is 11.8 Å². The number of pyridine rings is 1. The van der Waals surface area contributed by atoms with Crippen molar-refractivity contribution >= 4 is 17.4 Å². The maximum absolute atomic E-state index is 4.58. The first-order chi connectivity index (χ1) is 11.3. The summed E-state index contributed by atoms with van der Waals surface area (Å²) in [6.07, 6.45) is 7.67. The highest BCUT2D eigenvalue weighted by Crippen LogP contribution is 2.20. The van der Waals surface area contributed by atoms with E-state index in [9.17, 15) is 0 Å². The Bertz CT molecular complexity index is 908. The van der Waals surface area contributed by atoms with Gasteiger partial charge in [-0.1, -0.05) is 17.8 Å². The fourth-order valence-electron chi connectivity index (χ4n) is 2.34. The van der Waals surface area contributed by atoms with Gasteiger partial charge in [0.1, 0.15) is 16.5 Å². The predicted molar refractivity (Wildman–Crippen MR) is 88.6 cm³/mol. The number of thioether (sulfide) groups is 1. The van der Waals surface area contributed by atoms with Crippen molar-refractivity contribution in [3.8, 4) is 5.82 Å². The Balaban J connectivity index is 1.48. The van der Waals surface area contributed by atoms with Gasteiger partial charge < -0.3 is 4.40 Å². The molecule has 114 valence electrons. The highest BCUT2D eigenvalue weighted by molar-refractivity contribution is 7.98. The van der Waals surface area contributed by atoms with Gasteiger partial charge in [0.25, 0.3) is 0 Å². The molecule has 7 heteroatoms. The molecule has 0 spiro atoms. The molecule has 0 unspecified atom stereocenters. The van der Waals surface area contributed by atoms with E-state index < -0.39 is 0 Å². The Kier molecular flexibility index (Phi) is 3.55. The van der Waals surface area contributed by atoms with Crippen LogP contribution in [0, 0.1) is 6.92 Å². The lowest BCUT2D eigenvalue weighted by Gasteiger charge is -2.03. The molecule has 0 fully saturated rings. The number of imidazole rings is 2. The fourth-order valence-corrected chi connectivity index (χ4v) is 3.04. The van der Waals surface area contributed by atoms with Gasteiger partial charge in [-0.15, -0.1) is 10.2 Å². The minimum atomic E-state index is 0.764. The molecule has 0 bridgehead atoms. The molecule has 4 aromatic heterocycles. The van der Waals surface area contributed by atoms with E-state index in [1.54, 1.807) is 18.0 Å². The molecule has 0 aliphatic carbocycles. The van der Waals surface area contributed by atoms with Crippen LogP contribution < -0.4 is 0 Å². The summed E-state index contributed by atoms with van der Waals surface area (Å²) in [7, 11) is 0. The molecule has 0 saturated heterocycles. The number of hydrogen-bond acceptors (Lipinski definition) is 5. The van der Waals surface area contributed by atoms with Crippen molar-refractivity contribution in [1.29, 1.82) is 0 Å². The average Bonchev–Trinajstić information content (AvgIpc) is 3.19. The van der Waals surface area contributed by atoms with E-state index in [1.165, 1.54) is 0 Å². The van der Waals surface area contributed by atoms with E-state index in [0.717, 1.165) is 33.8 Å². The molecule has 0 aliphatic heterocycles. The van der Waals surface area contributed by atoms with Crippen LogP contribution in [0.4, 0.5) is 0 Å². The highest BCUT2D eigenvalue weighted by Gasteiger charge is 2.05. The molecule has 23 heavy (non-hydrogen) atoms. The summed E-state index contributed by atoms with van der Waals surface area (Å²) in [5, 5.41) is 9.42. The van der Waals surface area contributed by atoms with Crippen LogP contribution in [-0.4, -0.2) is 29.1 Å². The zero-order chi connectivity index (χ0) is 15.6. The van der Waals surface area contributed by atoms with Crippen LogP contribution in [0.25, 0.3) is 11.5 Å². The summed E-state index contributed by atoms with van der Waals surface area (Å²) in [5.74, 6) is 2.43. The van der Waals surface area contributed by atoms with E-state index >= 15 is 0 Å². The van der Waals surface area contributed by atoms with Gasteiger partial charge >= 0.3 is 0 Å². The van der Waals surface area contributed by atoms with Crippen LogP contribution in [0.15, 0.2) is 60.1 Å². The first kappa shape index (κ1) is 14.0. The molecular weight excluding hydrogens is 308 g/mol. The number of hydrogen-bond donors (Lipinski definition) is 0. The lowest BCUT2D eigenvalue weighted by atomic mass is 10.5. The van der Waals surface area contributed by atoms with Gasteiger partial charge in [-0.25, -0.2) is 9.97 Å². The van der Waals surface area contributed by atoms with E-state index in [1.807, 2.05) is 64.8 Å². The van der Waals surface area contributed by atoms with Crippen molar-refractivity contribution in [2.24, 2.45) is 0 Å². The van der Waals surface area contributed by atoms with Gasteiger partial charge in [-0.05, 0) is 31.2 Å². The molecule has 0 amide bonds. The predicted octanol–water partition coefficient (Wildman–Crippen LogP) is 2.91. The molecule has 0 saturated carbocycles. The maximum Gasteiger partial charge on any atom is 0.160 e. The quantitative estimate of drug-likeness (QED) is 0.541. The van der Waals surface area contributed by atoms with Gasteiger partial charge in [0.05, 0.1) is 5.69 Å². The Hall–Kier alpha value is -2.67. The molecule has 6 nitrogen and oxygen atoms in total. The van der Waals surface area contributed by atoms with E-state index in [4.69, 9.17) is 0 Å². The molecule has 0 atom stereocenters. The van der Waals surface area contributed by atoms with E-state index in [0.29, 0.717) is 0 Å². The van der Waals surface area contributed by atoms with Crippen molar-refractivity contribution in [2.45, 2.75) is 17.7 Å². The van der Waals surface area contributed by atoms with Gasteiger partial charge in [0.15, 0.2) is 5.82 Å². The first-order valence-electron chi connectivity index (χ1n) is 7.19. The number of fused-ring (bicyclic) bond motifs is 1. The van der Waals surface area contributed by atoms with Crippen molar-refractivity contribution < 1.29 is 0 Å². The first-order valence-corrected chi connectivity index (χ1v) is 8.17. The third kappa shape index (κ3) is 2.83.